The molecule has 1 aromatic rings. The molecule has 0 unspecified atom stereocenters. The van der Waals surface area contributed by atoms with E-state index in [0.29, 0.717) is 13.2 Å². The maximum Gasteiger partial charge on any atom is 0.0955 e. The van der Waals surface area contributed by atoms with Crippen molar-refractivity contribution in [1.82, 2.24) is 0 Å². The van der Waals surface area contributed by atoms with Crippen LogP contribution in [0.3, 0.4) is 0 Å². The third-order valence-corrected chi connectivity index (χ3v) is 2.38. The molecule has 0 radical (unpaired) electrons. The molecule has 1 aromatic carbocycles. The maximum atomic E-state index is 9.60. The lowest BCUT2D eigenvalue weighted by Gasteiger charge is -2.08. The second-order valence-electron chi connectivity index (χ2n) is 3.89. The number of hydrogen-bond acceptors (Lipinski definition) is 3. The van der Waals surface area contributed by atoms with Gasteiger partial charge in [0.25, 0.3) is 0 Å². The number of hydrogen-bond donors (Lipinski definition) is 1. The average Bonchev–Trinajstić information content (AvgIpc) is 2.37. The fraction of sp³-hybridized carbons (Fsp3) is 0.429. The summed E-state index contributed by atoms with van der Waals surface area (Å²) in [6, 6.07) is 9.89. The average molecular weight is 236 g/mol. The number of ether oxygens (including phenoxy) is 2. The lowest BCUT2D eigenvalue weighted by atomic mass is 10.2. The Balaban J connectivity index is 2.20. The Bertz CT molecular complexity index is 321. The van der Waals surface area contributed by atoms with Gasteiger partial charge in [0.2, 0.25) is 0 Å². The van der Waals surface area contributed by atoms with Gasteiger partial charge in [-0.25, -0.2) is 0 Å². The van der Waals surface area contributed by atoms with Crippen LogP contribution in [-0.4, -0.2) is 31.0 Å². The van der Waals surface area contributed by atoms with E-state index >= 15 is 0 Å². The van der Waals surface area contributed by atoms with Crippen molar-refractivity contribution in [1.29, 1.82) is 0 Å². The van der Waals surface area contributed by atoms with Gasteiger partial charge in [0.1, 0.15) is 0 Å². The molecule has 0 aliphatic rings. The van der Waals surface area contributed by atoms with Crippen LogP contribution in [0.15, 0.2) is 42.5 Å². The first-order valence-electron chi connectivity index (χ1n) is 5.73. The standard InChI is InChI=1S/C14H20O3/c1-12(16-2)8-9-14(15)11-17-10-13-6-4-3-5-7-13/h3-9,12,14-15H,10-11H2,1-2H3/b9-8+/t12-,14-/m1/s1. The highest BCUT2D eigenvalue weighted by Gasteiger charge is 2.00. The zero-order chi connectivity index (χ0) is 12.5. The molecule has 0 bridgehead atoms. The predicted molar refractivity (Wildman–Crippen MR) is 67.7 cm³/mol. The molecule has 1 rings (SSSR count). The molecule has 17 heavy (non-hydrogen) atoms. The number of benzene rings is 1. The second kappa shape index (κ2) is 8.01. The van der Waals surface area contributed by atoms with Crippen molar-refractivity contribution in [3.8, 4) is 0 Å². The first kappa shape index (κ1) is 13.9. The summed E-state index contributed by atoms with van der Waals surface area (Å²) in [4.78, 5) is 0. The van der Waals surface area contributed by atoms with Crippen molar-refractivity contribution < 1.29 is 14.6 Å². The monoisotopic (exact) mass is 236 g/mol. The number of rotatable bonds is 7. The van der Waals surface area contributed by atoms with Gasteiger partial charge in [0, 0.05) is 7.11 Å². The highest BCUT2D eigenvalue weighted by atomic mass is 16.5. The Morgan fingerprint density at radius 1 is 1.24 bits per heavy atom. The molecule has 0 fully saturated rings. The summed E-state index contributed by atoms with van der Waals surface area (Å²) >= 11 is 0. The van der Waals surface area contributed by atoms with Gasteiger partial charge in [-0.05, 0) is 12.5 Å². The number of methoxy groups -OCH3 is 1. The summed E-state index contributed by atoms with van der Waals surface area (Å²) in [5.74, 6) is 0. The van der Waals surface area contributed by atoms with Gasteiger partial charge in [0.05, 0.1) is 25.4 Å². The van der Waals surface area contributed by atoms with Crippen LogP contribution in [0.5, 0.6) is 0 Å². The summed E-state index contributed by atoms with van der Waals surface area (Å²) in [7, 11) is 1.63. The topological polar surface area (TPSA) is 38.7 Å². The maximum absolute atomic E-state index is 9.60. The van der Waals surface area contributed by atoms with Crippen molar-refractivity contribution >= 4 is 0 Å². The molecule has 2 atom stereocenters. The van der Waals surface area contributed by atoms with E-state index in [9.17, 15) is 5.11 Å². The van der Waals surface area contributed by atoms with Crippen molar-refractivity contribution in [2.75, 3.05) is 13.7 Å². The molecule has 0 saturated heterocycles. The molecule has 3 heteroatoms. The van der Waals surface area contributed by atoms with Gasteiger partial charge in [-0.1, -0.05) is 42.5 Å². The van der Waals surface area contributed by atoms with E-state index < -0.39 is 6.10 Å². The van der Waals surface area contributed by atoms with Gasteiger partial charge in [-0.2, -0.15) is 0 Å². The molecule has 0 saturated carbocycles. The highest BCUT2D eigenvalue weighted by molar-refractivity contribution is 5.13. The fourth-order valence-corrected chi connectivity index (χ4v) is 1.29. The number of aliphatic hydroxyl groups excluding tert-OH is 1. The van der Waals surface area contributed by atoms with Crippen molar-refractivity contribution in [2.24, 2.45) is 0 Å². The third-order valence-electron chi connectivity index (χ3n) is 2.38. The summed E-state index contributed by atoms with van der Waals surface area (Å²) in [6.45, 7) is 2.72. The van der Waals surface area contributed by atoms with E-state index in [-0.39, 0.29) is 6.10 Å². The van der Waals surface area contributed by atoms with Crippen LogP contribution in [0.2, 0.25) is 0 Å². The van der Waals surface area contributed by atoms with Crippen LogP contribution in [0.25, 0.3) is 0 Å². The van der Waals surface area contributed by atoms with Crippen LogP contribution in [0.4, 0.5) is 0 Å². The van der Waals surface area contributed by atoms with Crippen molar-refractivity contribution in [2.45, 2.75) is 25.7 Å². The third kappa shape index (κ3) is 6.22. The van der Waals surface area contributed by atoms with E-state index in [0.717, 1.165) is 5.56 Å². The van der Waals surface area contributed by atoms with Crippen LogP contribution < -0.4 is 0 Å². The summed E-state index contributed by atoms with van der Waals surface area (Å²) in [5.41, 5.74) is 1.11. The molecule has 0 amide bonds. The van der Waals surface area contributed by atoms with Crippen molar-refractivity contribution in [3.63, 3.8) is 0 Å². The second-order valence-corrected chi connectivity index (χ2v) is 3.89. The minimum atomic E-state index is -0.587. The smallest absolute Gasteiger partial charge is 0.0955 e. The molecular formula is C14H20O3. The zero-order valence-corrected chi connectivity index (χ0v) is 10.4. The Kier molecular flexibility index (Phi) is 6.55. The minimum absolute atomic E-state index is 0.0128. The van der Waals surface area contributed by atoms with Gasteiger partial charge < -0.3 is 14.6 Å². The van der Waals surface area contributed by atoms with E-state index in [1.54, 1.807) is 13.2 Å². The van der Waals surface area contributed by atoms with Crippen LogP contribution in [0.1, 0.15) is 12.5 Å². The lowest BCUT2D eigenvalue weighted by Crippen LogP contribution is -2.13. The van der Waals surface area contributed by atoms with Crippen LogP contribution in [0, 0.1) is 0 Å². The molecule has 0 aliphatic carbocycles. The van der Waals surface area contributed by atoms with Crippen LogP contribution >= 0.6 is 0 Å². The number of aliphatic hydroxyl groups is 1. The molecule has 94 valence electrons. The SMILES string of the molecule is CO[C@H](C)/C=C/[C@@H](O)COCc1ccccc1. The Hall–Kier alpha value is -1.16. The molecule has 0 spiro atoms. The fourth-order valence-electron chi connectivity index (χ4n) is 1.29. The molecular weight excluding hydrogens is 216 g/mol. The largest absolute Gasteiger partial charge is 0.387 e. The van der Waals surface area contributed by atoms with Crippen LogP contribution in [-0.2, 0) is 16.1 Å². The summed E-state index contributed by atoms with van der Waals surface area (Å²) < 4.78 is 10.4. The van der Waals surface area contributed by atoms with E-state index in [1.165, 1.54) is 0 Å². The summed E-state index contributed by atoms with van der Waals surface area (Å²) in [6.07, 6.45) is 2.94. The van der Waals surface area contributed by atoms with E-state index in [1.807, 2.05) is 43.3 Å². The first-order valence-corrected chi connectivity index (χ1v) is 5.73. The molecule has 1 N–H and O–H groups in total. The van der Waals surface area contributed by atoms with Gasteiger partial charge in [0.15, 0.2) is 0 Å². The normalized spacial score (nSPS) is 15.0. The highest BCUT2D eigenvalue weighted by Crippen LogP contribution is 2.01. The predicted octanol–water partition coefficient (Wildman–Crippen LogP) is 2.16. The van der Waals surface area contributed by atoms with Crippen molar-refractivity contribution in [3.05, 3.63) is 48.0 Å². The van der Waals surface area contributed by atoms with E-state index in [2.05, 4.69) is 0 Å². The van der Waals surface area contributed by atoms with Gasteiger partial charge in [-0.15, -0.1) is 0 Å². The van der Waals surface area contributed by atoms with Gasteiger partial charge >= 0.3 is 0 Å². The van der Waals surface area contributed by atoms with Gasteiger partial charge in [-0.3, -0.25) is 0 Å². The Morgan fingerprint density at radius 2 is 1.94 bits per heavy atom. The molecule has 0 heterocycles. The Morgan fingerprint density at radius 3 is 2.59 bits per heavy atom. The zero-order valence-electron chi connectivity index (χ0n) is 10.4. The minimum Gasteiger partial charge on any atom is -0.387 e. The molecule has 0 aromatic heterocycles. The summed E-state index contributed by atoms with van der Waals surface area (Å²) in [5, 5.41) is 9.60. The quantitative estimate of drug-likeness (QED) is 0.737. The van der Waals surface area contributed by atoms with E-state index in [4.69, 9.17) is 9.47 Å². The first-order chi connectivity index (χ1) is 8.22. The molecule has 3 nitrogen and oxygen atoms in total. The lowest BCUT2D eigenvalue weighted by molar-refractivity contribution is 0.0496. The Labute approximate surface area is 103 Å². The molecule has 0 aliphatic heterocycles.